The monoisotopic (exact) mass is 506 g/mol. The minimum atomic E-state index is -4.06. The van der Waals surface area contributed by atoms with Crippen molar-refractivity contribution in [2.24, 2.45) is 0 Å². The molecular weight excluding hydrogens is 483 g/mol. The zero-order valence-electron chi connectivity index (χ0n) is 18.6. The molecule has 0 unspecified atom stereocenters. The van der Waals surface area contributed by atoms with Crippen molar-refractivity contribution >= 4 is 27.5 Å². The number of methoxy groups -OCH3 is 2. The van der Waals surface area contributed by atoms with E-state index >= 15 is 0 Å². The third-order valence-electron chi connectivity index (χ3n) is 5.04. The number of hydrogen-bond acceptors (Lipinski definition) is 5. The Bertz CT molecular complexity index is 1210. The summed E-state index contributed by atoms with van der Waals surface area (Å²) in [5.41, 5.74) is 1.14. The van der Waals surface area contributed by atoms with E-state index in [4.69, 9.17) is 21.1 Å². The summed E-state index contributed by atoms with van der Waals surface area (Å²) < 4.78 is 51.6. The molecular formula is C24H24ClFN2O5S. The number of carbonyl (C=O) groups is 1. The molecule has 7 nitrogen and oxygen atoms in total. The van der Waals surface area contributed by atoms with Crippen molar-refractivity contribution in [2.75, 3.05) is 20.8 Å². The van der Waals surface area contributed by atoms with Crippen LogP contribution in [-0.4, -0.2) is 39.4 Å². The van der Waals surface area contributed by atoms with Crippen LogP contribution in [0.5, 0.6) is 11.5 Å². The van der Waals surface area contributed by atoms with E-state index in [9.17, 15) is 17.6 Å². The van der Waals surface area contributed by atoms with E-state index in [-0.39, 0.29) is 18.0 Å². The zero-order chi connectivity index (χ0) is 24.7. The van der Waals surface area contributed by atoms with E-state index < -0.39 is 28.3 Å². The van der Waals surface area contributed by atoms with Crippen molar-refractivity contribution in [2.45, 2.75) is 18.0 Å². The summed E-state index contributed by atoms with van der Waals surface area (Å²) in [5.74, 6) is 0.0696. The van der Waals surface area contributed by atoms with Crippen molar-refractivity contribution in [3.63, 3.8) is 0 Å². The Labute approximate surface area is 203 Å². The number of hydrogen-bond donors (Lipinski definition) is 1. The maximum atomic E-state index is 13.3. The van der Waals surface area contributed by atoms with Gasteiger partial charge in [-0.25, -0.2) is 12.8 Å². The number of nitrogens with one attached hydrogen (secondary N) is 1. The molecule has 3 aromatic rings. The van der Waals surface area contributed by atoms with Crippen molar-refractivity contribution in [3.8, 4) is 11.5 Å². The number of amides is 1. The van der Waals surface area contributed by atoms with Gasteiger partial charge in [0.05, 0.1) is 37.8 Å². The van der Waals surface area contributed by atoms with Crippen LogP contribution in [0.15, 0.2) is 71.6 Å². The molecule has 1 amide bonds. The van der Waals surface area contributed by atoms with Gasteiger partial charge >= 0.3 is 0 Å². The maximum Gasteiger partial charge on any atom is 0.243 e. The van der Waals surface area contributed by atoms with E-state index in [1.165, 1.54) is 62.8 Å². The molecule has 0 radical (unpaired) electrons. The van der Waals surface area contributed by atoms with Gasteiger partial charge in [-0.05, 0) is 54.1 Å². The second-order valence-electron chi connectivity index (χ2n) is 7.27. The first-order chi connectivity index (χ1) is 16.2. The molecule has 0 aliphatic carbocycles. The molecule has 180 valence electrons. The van der Waals surface area contributed by atoms with Crippen LogP contribution in [0.2, 0.25) is 5.02 Å². The first kappa shape index (κ1) is 25.5. The number of nitrogens with zero attached hydrogens (tertiary/aromatic N) is 1. The molecule has 34 heavy (non-hydrogen) atoms. The molecule has 0 atom stereocenters. The lowest BCUT2D eigenvalue weighted by Crippen LogP contribution is -2.40. The van der Waals surface area contributed by atoms with Gasteiger partial charge in [-0.3, -0.25) is 4.79 Å². The molecule has 3 aromatic carbocycles. The van der Waals surface area contributed by atoms with Crippen LogP contribution < -0.4 is 14.8 Å². The van der Waals surface area contributed by atoms with E-state index in [2.05, 4.69) is 5.32 Å². The summed E-state index contributed by atoms with van der Waals surface area (Å²) in [6.45, 7) is -0.520. The SMILES string of the molecule is COc1cccc(OC)c1CNC(=O)CN(Cc1ccc(F)cc1)S(=O)(=O)c1ccc(Cl)cc1. The van der Waals surface area contributed by atoms with E-state index in [1.807, 2.05) is 0 Å². The Kier molecular flexibility index (Phi) is 8.49. The Morgan fingerprint density at radius 1 is 0.971 bits per heavy atom. The smallest absolute Gasteiger partial charge is 0.243 e. The average molecular weight is 507 g/mol. The van der Waals surface area contributed by atoms with Crippen molar-refractivity contribution in [3.05, 3.63) is 88.7 Å². The molecule has 0 bridgehead atoms. The minimum absolute atomic E-state index is 0.0155. The molecule has 0 saturated carbocycles. The first-order valence-corrected chi connectivity index (χ1v) is 12.0. The Hall–Kier alpha value is -3.14. The van der Waals surface area contributed by atoms with Crippen molar-refractivity contribution in [1.29, 1.82) is 0 Å². The lowest BCUT2D eigenvalue weighted by atomic mass is 10.1. The third-order valence-corrected chi connectivity index (χ3v) is 7.09. The lowest BCUT2D eigenvalue weighted by molar-refractivity contribution is -0.121. The molecule has 0 aliphatic rings. The highest BCUT2D eigenvalue weighted by Gasteiger charge is 2.27. The maximum absolute atomic E-state index is 13.3. The van der Waals surface area contributed by atoms with Gasteiger partial charge in [-0.15, -0.1) is 0 Å². The summed E-state index contributed by atoms with van der Waals surface area (Å²) >= 11 is 5.89. The number of halogens is 2. The van der Waals surface area contributed by atoms with E-state index in [1.54, 1.807) is 18.2 Å². The predicted molar refractivity (Wildman–Crippen MR) is 127 cm³/mol. The van der Waals surface area contributed by atoms with Gasteiger partial charge in [0.2, 0.25) is 15.9 Å². The van der Waals surface area contributed by atoms with Crippen LogP contribution >= 0.6 is 11.6 Å². The van der Waals surface area contributed by atoms with Crippen LogP contribution in [0.4, 0.5) is 4.39 Å². The molecule has 3 rings (SSSR count). The molecule has 0 aromatic heterocycles. The zero-order valence-corrected chi connectivity index (χ0v) is 20.2. The average Bonchev–Trinajstić information content (AvgIpc) is 2.83. The van der Waals surface area contributed by atoms with Gasteiger partial charge in [-0.2, -0.15) is 4.31 Å². The number of benzene rings is 3. The Morgan fingerprint density at radius 2 is 1.56 bits per heavy atom. The number of sulfonamides is 1. The van der Waals surface area contributed by atoms with Crippen LogP contribution in [0.3, 0.4) is 0 Å². The topological polar surface area (TPSA) is 84.9 Å². The summed E-state index contributed by atoms with van der Waals surface area (Å²) in [6, 6.07) is 16.3. The summed E-state index contributed by atoms with van der Waals surface area (Å²) in [7, 11) is -1.05. The van der Waals surface area contributed by atoms with Gasteiger partial charge in [0.25, 0.3) is 0 Å². The Morgan fingerprint density at radius 3 is 2.12 bits per heavy atom. The molecule has 1 N–H and O–H groups in total. The first-order valence-electron chi connectivity index (χ1n) is 10.2. The quantitative estimate of drug-likeness (QED) is 0.449. The number of ether oxygens (including phenoxy) is 2. The van der Waals surface area contributed by atoms with Gasteiger partial charge in [0, 0.05) is 11.6 Å². The third kappa shape index (κ3) is 6.25. The number of rotatable bonds is 10. The van der Waals surface area contributed by atoms with Crippen molar-refractivity contribution < 1.29 is 27.1 Å². The van der Waals surface area contributed by atoms with Gasteiger partial charge in [0.1, 0.15) is 17.3 Å². The summed E-state index contributed by atoms with van der Waals surface area (Å²) in [4.78, 5) is 12.8. The highest BCUT2D eigenvalue weighted by molar-refractivity contribution is 7.89. The second-order valence-corrected chi connectivity index (χ2v) is 9.65. The van der Waals surface area contributed by atoms with Crippen LogP contribution in [-0.2, 0) is 27.9 Å². The van der Waals surface area contributed by atoms with Gasteiger partial charge < -0.3 is 14.8 Å². The van der Waals surface area contributed by atoms with Crippen LogP contribution in [0, 0.1) is 5.82 Å². The van der Waals surface area contributed by atoms with E-state index in [0.717, 1.165) is 4.31 Å². The van der Waals surface area contributed by atoms with Crippen LogP contribution in [0.1, 0.15) is 11.1 Å². The van der Waals surface area contributed by atoms with Gasteiger partial charge in [0.15, 0.2) is 0 Å². The fourth-order valence-corrected chi connectivity index (χ4v) is 4.79. The highest BCUT2D eigenvalue weighted by atomic mass is 35.5. The molecule has 0 spiro atoms. The van der Waals surface area contributed by atoms with Gasteiger partial charge in [-0.1, -0.05) is 29.8 Å². The molecule has 0 aliphatic heterocycles. The number of carbonyl (C=O) groups excluding carboxylic acids is 1. The van der Waals surface area contributed by atoms with Crippen molar-refractivity contribution in [1.82, 2.24) is 9.62 Å². The minimum Gasteiger partial charge on any atom is -0.496 e. The highest BCUT2D eigenvalue weighted by Crippen LogP contribution is 2.28. The standard InChI is InChI=1S/C24H24ClFN2O5S/c1-32-22-4-3-5-23(33-2)21(22)14-27-24(29)16-28(15-17-6-10-19(26)11-7-17)34(30,31)20-12-8-18(25)9-13-20/h3-13H,14-16H2,1-2H3,(H,27,29). The Balaban J connectivity index is 1.83. The normalized spacial score (nSPS) is 11.3. The molecule has 0 fully saturated rings. The molecule has 10 heteroatoms. The fraction of sp³-hybridized carbons (Fsp3) is 0.208. The molecule has 0 heterocycles. The van der Waals surface area contributed by atoms with Crippen LogP contribution in [0.25, 0.3) is 0 Å². The predicted octanol–water partition coefficient (Wildman–Crippen LogP) is 4.00. The largest absolute Gasteiger partial charge is 0.496 e. The fourth-order valence-electron chi connectivity index (χ4n) is 3.28. The second kappa shape index (κ2) is 11.3. The summed E-state index contributed by atoms with van der Waals surface area (Å²) in [6.07, 6.45) is 0. The van der Waals surface area contributed by atoms with E-state index in [0.29, 0.717) is 27.6 Å². The summed E-state index contributed by atoms with van der Waals surface area (Å²) in [5, 5.41) is 3.10. The molecule has 0 saturated heterocycles. The lowest BCUT2D eigenvalue weighted by Gasteiger charge is -2.22.